The van der Waals surface area contributed by atoms with Gasteiger partial charge >= 0.3 is 0 Å². The predicted molar refractivity (Wildman–Crippen MR) is 160 cm³/mol. The van der Waals surface area contributed by atoms with Crippen LogP contribution in [-0.2, 0) is 6.42 Å². The van der Waals surface area contributed by atoms with E-state index in [2.05, 4.69) is 121 Å². The Labute approximate surface area is 218 Å². The van der Waals surface area contributed by atoms with Gasteiger partial charge in [-0.05, 0) is 61.0 Å². The molecule has 0 atom stereocenters. The predicted octanol–water partition coefficient (Wildman–Crippen LogP) is 10.1. The second-order valence-electron chi connectivity index (χ2n) is 9.28. The summed E-state index contributed by atoms with van der Waals surface area (Å²) in [6, 6.07) is 55.3. The number of hydrogen-bond acceptors (Lipinski definition) is 0. The van der Waals surface area contributed by atoms with Gasteiger partial charge in [-0.3, -0.25) is 0 Å². The molecule has 37 heavy (non-hydrogen) atoms. The topological polar surface area (TPSA) is 0 Å². The molecule has 1 aliphatic rings. The summed E-state index contributed by atoms with van der Waals surface area (Å²) in [4.78, 5) is 0. The maximum absolute atomic E-state index is 2.22. The summed E-state index contributed by atoms with van der Waals surface area (Å²) in [6.45, 7) is 0. The van der Waals surface area contributed by atoms with Gasteiger partial charge in [-0.2, -0.15) is 0 Å². The summed E-state index contributed by atoms with van der Waals surface area (Å²) in [5.41, 5.74) is 5.75. The lowest BCUT2D eigenvalue weighted by atomic mass is 9.95. The van der Waals surface area contributed by atoms with Crippen LogP contribution in [0.25, 0.3) is 43.4 Å². The van der Waals surface area contributed by atoms with Crippen molar-refractivity contribution in [2.24, 2.45) is 0 Å². The van der Waals surface area contributed by atoms with Crippen LogP contribution in [0.5, 0.6) is 0 Å². The first-order chi connectivity index (χ1) is 18.4. The summed E-state index contributed by atoms with van der Waals surface area (Å²) in [6.07, 6.45) is 1.10. The highest BCUT2D eigenvalue weighted by molar-refractivity contribution is 6.25. The maximum atomic E-state index is 2.22. The molecule has 0 heteroatoms. The van der Waals surface area contributed by atoms with Gasteiger partial charge in [0.2, 0.25) is 0 Å². The lowest BCUT2D eigenvalue weighted by Gasteiger charge is -2.09. The Bertz CT molecular complexity index is 1500. The van der Waals surface area contributed by atoms with Crippen LogP contribution < -0.4 is 0 Å². The molecule has 1 aliphatic carbocycles. The van der Waals surface area contributed by atoms with Crippen LogP contribution in [0, 0.1) is 0 Å². The van der Waals surface area contributed by atoms with Crippen LogP contribution in [0.1, 0.15) is 11.1 Å². The summed E-state index contributed by atoms with van der Waals surface area (Å²) in [5.74, 6) is 0. The highest BCUT2D eigenvalue weighted by Gasteiger charge is 2.15. The number of rotatable bonds is 0. The van der Waals surface area contributed by atoms with E-state index in [0.717, 1.165) is 6.42 Å². The third kappa shape index (κ3) is 4.62. The Morgan fingerprint density at radius 3 is 0.784 bits per heavy atom. The van der Waals surface area contributed by atoms with Crippen LogP contribution in [0.15, 0.2) is 158 Å². The van der Waals surface area contributed by atoms with Crippen molar-refractivity contribution < 1.29 is 0 Å². The average molecular weight is 473 g/mol. The second-order valence-corrected chi connectivity index (χ2v) is 9.28. The van der Waals surface area contributed by atoms with Gasteiger partial charge in [0.25, 0.3) is 0 Å². The van der Waals surface area contributed by atoms with Gasteiger partial charge in [-0.1, -0.05) is 158 Å². The molecule has 176 valence electrons. The molecule has 0 amide bonds. The monoisotopic (exact) mass is 472 g/mol. The van der Waals surface area contributed by atoms with Crippen molar-refractivity contribution in [1.29, 1.82) is 0 Å². The fourth-order valence-corrected chi connectivity index (χ4v) is 5.32. The highest BCUT2D eigenvalue weighted by atomic mass is 14.2. The minimum absolute atomic E-state index is 1.10. The Balaban J connectivity index is 0.000000115. The molecule has 0 heterocycles. The fourth-order valence-electron chi connectivity index (χ4n) is 5.32. The average Bonchev–Trinajstić information content (AvgIpc) is 3.38. The Morgan fingerprint density at radius 1 is 0.243 bits per heavy atom. The van der Waals surface area contributed by atoms with E-state index < -0.39 is 0 Å². The first-order valence-electron chi connectivity index (χ1n) is 12.8. The lowest BCUT2D eigenvalue weighted by molar-refractivity contribution is 1.26. The highest BCUT2D eigenvalue weighted by Crippen LogP contribution is 2.36. The Kier molecular flexibility index (Phi) is 6.47. The largest absolute Gasteiger partial charge is 0.0623 e. The molecular formula is C37H28. The second kappa shape index (κ2) is 10.5. The van der Waals surface area contributed by atoms with E-state index in [0.29, 0.717) is 0 Å². The van der Waals surface area contributed by atoms with Crippen LogP contribution >= 0.6 is 0 Å². The summed E-state index contributed by atoms with van der Waals surface area (Å²) < 4.78 is 0. The third-order valence-corrected chi connectivity index (χ3v) is 7.02. The molecule has 8 rings (SSSR count). The van der Waals surface area contributed by atoms with Gasteiger partial charge in [0.15, 0.2) is 0 Å². The van der Waals surface area contributed by atoms with E-state index in [1.165, 1.54) is 54.6 Å². The molecule has 0 aliphatic heterocycles. The molecular weight excluding hydrogens is 444 g/mol. The minimum Gasteiger partial charge on any atom is -0.0623 e. The fraction of sp³-hybridized carbons (Fsp3) is 0.0270. The van der Waals surface area contributed by atoms with Gasteiger partial charge in [-0.15, -0.1) is 0 Å². The molecule has 0 nitrogen and oxygen atoms in total. The molecule has 7 aromatic rings. The van der Waals surface area contributed by atoms with Crippen molar-refractivity contribution in [3.63, 3.8) is 0 Å². The van der Waals surface area contributed by atoms with Crippen molar-refractivity contribution in [2.45, 2.75) is 6.42 Å². The minimum atomic E-state index is 1.10. The molecule has 0 saturated heterocycles. The van der Waals surface area contributed by atoms with E-state index in [9.17, 15) is 0 Å². The van der Waals surface area contributed by atoms with E-state index in [1.807, 2.05) is 36.4 Å². The van der Waals surface area contributed by atoms with Crippen molar-refractivity contribution in [1.82, 2.24) is 0 Å². The quantitative estimate of drug-likeness (QED) is 0.193. The molecule has 0 saturated carbocycles. The van der Waals surface area contributed by atoms with Gasteiger partial charge in [0.1, 0.15) is 0 Å². The SMILES string of the molecule is c1ccc2c(c1)Cc1ccccc1-2.c1ccc2c(c1)c1ccccc1c1ccccc21.c1ccccc1. The molecule has 0 fully saturated rings. The van der Waals surface area contributed by atoms with Crippen LogP contribution in [0.4, 0.5) is 0 Å². The molecule has 0 aromatic heterocycles. The van der Waals surface area contributed by atoms with E-state index in [1.54, 1.807) is 0 Å². The van der Waals surface area contributed by atoms with E-state index in [-0.39, 0.29) is 0 Å². The standard InChI is InChI=1S/C18H12.C13H10.C6H6/c1-2-8-14-13(7-1)15-9-3-4-11-17(15)18-12-6-5-10-16(14)18;1-3-7-12-10(5-1)9-11-6-2-4-8-13(11)12;1-2-4-6-5-3-1/h1-12H;1-8H,9H2;1-6H. The number of hydrogen-bond donors (Lipinski definition) is 0. The number of benzene rings is 7. The third-order valence-electron chi connectivity index (χ3n) is 7.02. The molecule has 0 spiro atoms. The maximum Gasteiger partial charge on any atom is -0.00135 e. The zero-order valence-corrected chi connectivity index (χ0v) is 20.7. The molecule has 0 N–H and O–H groups in total. The Hall–Kier alpha value is -4.68. The Morgan fingerprint density at radius 2 is 0.486 bits per heavy atom. The summed E-state index contributed by atoms with van der Waals surface area (Å²) >= 11 is 0. The van der Waals surface area contributed by atoms with Gasteiger partial charge < -0.3 is 0 Å². The molecule has 7 aromatic carbocycles. The van der Waals surface area contributed by atoms with Crippen molar-refractivity contribution in [3.05, 3.63) is 169 Å². The first kappa shape index (κ1) is 22.8. The van der Waals surface area contributed by atoms with Gasteiger partial charge in [-0.25, -0.2) is 0 Å². The van der Waals surface area contributed by atoms with E-state index in [4.69, 9.17) is 0 Å². The number of fused-ring (bicyclic) bond motifs is 9. The summed E-state index contributed by atoms with van der Waals surface area (Å²) in [7, 11) is 0. The van der Waals surface area contributed by atoms with Gasteiger partial charge in [0.05, 0.1) is 0 Å². The normalized spacial score (nSPS) is 11.1. The van der Waals surface area contributed by atoms with Crippen molar-refractivity contribution >= 4 is 32.3 Å². The van der Waals surface area contributed by atoms with Crippen LogP contribution in [-0.4, -0.2) is 0 Å². The first-order valence-corrected chi connectivity index (χ1v) is 12.8. The molecule has 0 bridgehead atoms. The van der Waals surface area contributed by atoms with E-state index >= 15 is 0 Å². The zero-order valence-electron chi connectivity index (χ0n) is 20.7. The smallest absolute Gasteiger partial charge is 0.00135 e. The summed E-state index contributed by atoms with van der Waals surface area (Å²) in [5, 5.41) is 8.04. The molecule has 0 unspecified atom stereocenters. The lowest BCUT2D eigenvalue weighted by Crippen LogP contribution is -1.81. The zero-order chi connectivity index (χ0) is 24.9. The van der Waals surface area contributed by atoms with Crippen LogP contribution in [0.2, 0.25) is 0 Å². The molecule has 0 radical (unpaired) electrons. The van der Waals surface area contributed by atoms with Crippen molar-refractivity contribution in [2.75, 3.05) is 0 Å². The van der Waals surface area contributed by atoms with Gasteiger partial charge in [0, 0.05) is 0 Å². The van der Waals surface area contributed by atoms with Crippen LogP contribution in [0.3, 0.4) is 0 Å². The van der Waals surface area contributed by atoms with Crippen molar-refractivity contribution in [3.8, 4) is 11.1 Å².